The van der Waals surface area contributed by atoms with E-state index < -0.39 is 0 Å². The number of nitrogens with one attached hydrogen (secondary N) is 1. The molecule has 0 saturated heterocycles. The summed E-state index contributed by atoms with van der Waals surface area (Å²) < 4.78 is 11.0. The van der Waals surface area contributed by atoms with Crippen LogP contribution in [0.5, 0.6) is 5.75 Å². The average molecular weight is 291 g/mol. The lowest BCUT2D eigenvalue weighted by Gasteiger charge is -2.32. The molecule has 0 bridgehead atoms. The number of benzene rings is 1. The second kappa shape index (κ2) is 7.81. The number of ether oxygens (including phenoxy) is 2. The lowest BCUT2D eigenvalue weighted by atomic mass is 9.76. The molecule has 0 saturated carbocycles. The maximum atomic E-state index is 5.84. The molecule has 3 heteroatoms. The molecule has 2 atom stereocenters. The van der Waals surface area contributed by atoms with Crippen LogP contribution in [0.4, 0.5) is 0 Å². The quantitative estimate of drug-likeness (QED) is 0.705. The zero-order chi connectivity index (χ0) is 15.1. The first kappa shape index (κ1) is 16.3. The third-order valence-electron chi connectivity index (χ3n) is 4.43. The molecule has 0 spiro atoms. The highest BCUT2D eigenvalue weighted by atomic mass is 16.5. The highest BCUT2D eigenvalue weighted by Gasteiger charge is 2.32. The molecule has 1 aliphatic rings. The average Bonchev–Trinajstić information content (AvgIpc) is 2.87. The van der Waals surface area contributed by atoms with Gasteiger partial charge in [-0.3, -0.25) is 0 Å². The van der Waals surface area contributed by atoms with Gasteiger partial charge in [0, 0.05) is 31.7 Å². The van der Waals surface area contributed by atoms with Gasteiger partial charge in [0.1, 0.15) is 5.75 Å². The number of hydrogen-bond acceptors (Lipinski definition) is 3. The summed E-state index contributed by atoms with van der Waals surface area (Å²) in [7, 11) is 1.75. The highest BCUT2D eigenvalue weighted by molar-refractivity contribution is 5.39. The first-order valence-electron chi connectivity index (χ1n) is 8.10. The van der Waals surface area contributed by atoms with E-state index in [1.54, 1.807) is 7.11 Å². The monoisotopic (exact) mass is 291 g/mol. The van der Waals surface area contributed by atoms with Crippen LogP contribution in [-0.4, -0.2) is 33.4 Å². The number of rotatable bonds is 9. The molecule has 118 valence electrons. The maximum Gasteiger partial charge on any atom is 0.122 e. The van der Waals surface area contributed by atoms with Crippen molar-refractivity contribution in [2.45, 2.75) is 39.0 Å². The molecular formula is C18H29NO2. The van der Waals surface area contributed by atoms with E-state index in [-0.39, 0.29) is 0 Å². The van der Waals surface area contributed by atoms with E-state index in [1.165, 1.54) is 24.8 Å². The number of hydrogen-bond donors (Lipinski definition) is 1. The fourth-order valence-electron chi connectivity index (χ4n) is 3.42. The Hall–Kier alpha value is -1.06. The van der Waals surface area contributed by atoms with Crippen molar-refractivity contribution in [3.8, 4) is 5.75 Å². The minimum Gasteiger partial charge on any atom is -0.493 e. The van der Waals surface area contributed by atoms with E-state index >= 15 is 0 Å². The standard InChI is InChI=1S/C18H29NO2/c1-4-9-18(2,14-19-10-11-20-3)12-15-13-21-17-8-6-5-7-16(15)17/h5-8,15,19H,4,9-14H2,1-3H3. The van der Waals surface area contributed by atoms with E-state index in [4.69, 9.17) is 9.47 Å². The second-order valence-electron chi connectivity index (χ2n) is 6.48. The van der Waals surface area contributed by atoms with Gasteiger partial charge in [-0.05, 0) is 24.3 Å². The van der Waals surface area contributed by atoms with Gasteiger partial charge in [-0.2, -0.15) is 0 Å². The van der Waals surface area contributed by atoms with Gasteiger partial charge in [-0.25, -0.2) is 0 Å². The second-order valence-corrected chi connectivity index (χ2v) is 6.48. The summed E-state index contributed by atoms with van der Waals surface area (Å²) in [5, 5.41) is 3.54. The summed E-state index contributed by atoms with van der Waals surface area (Å²) in [5.41, 5.74) is 1.70. The van der Waals surface area contributed by atoms with E-state index in [2.05, 4.69) is 43.4 Å². The van der Waals surface area contributed by atoms with Gasteiger partial charge >= 0.3 is 0 Å². The smallest absolute Gasteiger partial charge is 0.122 e. The number of para-hydroxylation sites is 1. The van der Waals surface area contributed by atoms with E-state index in [0.717, 1.165) is 32.1 Å². The van der Waals surface area contributed by atoms with Crippen LogP contribution in [0.15, 0.2) is 24.3 Å². The molecule has 21 heavy (non-hydrogen) atoms. The van der Waals surface area contributed by atoms with Crippen molar-refractivity contribution in [1.29, 1.82) is 0 Å². The Morgan fingerprint density at radius 3 is 2.95 bits per heavy atom. The van der Waals surface area contributed by atoms with Crippen LogP contribution >= 0.6 is 0 Å². The SMILES string of the molecule is CCCC(C)(CNCCOC)CC1COc2ccccc21. The molecule has 1 aromatic rings. The van der Waals surface area contributed by atoms with Gasteiger partial charge in [0.25, 0.3) is 0 Å². The molecule has 1 N–H and O–H groups in total. The van der Waals surface area contributed by atoms with Gasteiger partial charge in [0.05, 0.1) is 13.2 Å². The summed E-state index contributed by atoms with van der Waals surface area (Å²) in [5.74, 6) is 1.61. The fraction of sp³-hybridized carbons (Fsp3) is 0.667. The minimum atomic E-state index is 0.313. The largest absolute Gasteiger partial charge is 0.493 e. The minimum absolute atomic E-state index is 0.313. The van der Waals surface area contributed by atoms with E-state index in [1.807, 2.05) is 0 Å². The van der Waals surface area contributed by atoms with Crippen LogP contribution in [-0.2, 0) is 4.74 Å². The molecule has 0 aromatic heterocycles. The topological polar surface area (TPSA) is 30.5 Å². The molecule has 2 rings (SSSR count). The van der Waals surface area contributed by atoms with Crippen molar-refractivity contribution in [1.82, 2.24) is 5.32 Å². The van der Waals surface area contributed by atoms with Crippen LogP contribution in [0, 0.1) is 5.41 Å². The summed E-state index contributed by atoms with van der Waals surface area (Å²) in [4.78, 5) is 0. The van der Waals surface area contributed by atoms with Crippen molar-refractivity contribution in [3.05, 3.63) is 29.8 Å². The lowest BCUT2D eigenvalue weighted by Crippen LogP contribution is -2.35. The summed E-state index contributed by atoms with van der Waals surface area (Å²) >= 11 is 0. The molecule has 1 aliphatic heterocycles. The predicted octanol–water partition coefficient (Wildman–Crippen LogP) is 3.60. The Morgan fingerprint density at radius 1 is 1.38 bits per heavy atom. The zero-order valence-corrected chi connectivity index (χ0v) is 13.7. The van der Waals surface area contributed by atoms with Crippen molar-refractivity contribution in [3.63, 3.8) is 0 Å². The Kier molecular flexibility index (Phi) is 6.07. The van der Waals surface area contributed by atoms with Gasteiger partial charge in [-0.1, -0.05) is 38.5 Å². The third kappa shape index (κ3) is 4.45. The molecule has 2 unspecified atom stereocenters. The van der Waals surface area contributed by atoms with Crippen molar-refractivity contribution < 1.29 is 9.47 Å². The third-order valence-corrected chi connectivity index (χ3v) is 4.43. The molecular weight excluding hydrogens is 262 g/mol. The Balaban J connectivity index is 1.96. The first-order valence-corrected chi connectivity index (χ1v) is 8.10. The van der Waals surface area contributed by atoms with Gasteiger partial charge in [0.15, 0.2) is 0 Å². The maximum absolute atomic E-state index is 5.84. The van der Waals surface area contributed by atoms with Gasteiger partial charge in [0.2, 0.25) is 0 Å². The Morgan fingerprint density at radius 2 is 2.19 bits per heavy atom. The summed E-state index contributed by atoms with van der Waals surface area (Å²) in [6.45, 7) is 8.24. The normalized spacial score (nSPS) is 19.9. The van der Waals surface area contributed by atoms with Crippen LogP contribution < -0.4 is 10.1 Å². The Bertz CT molecular complexity index is 435. The van der Waals surface area contributed by atoms with Gasteiger partial charge in [-0.15, -0.1) is 0 Å². The van der Waals surface area contributed by atoms with Gasteiger partial charge < -0.3 is 14.8 Å². The van der Waals surface area contributed by atoms with Crippen molar-refractivity contribution in [2.24, 2.45) is 5.41 Å². The van der Waals surface area contributed by atoms with Crippen LogP contribution in [0.2, 0.25) is 0 Å². The fourth-order valence-corrected chi connectivity index (χ4v) is 3.42. The van der Waals surface area contributed by atoms with E-state index in [0.29, 0.717) is 11.3 Å². The molecule has 0 amide bonds. The highest BCUT2D eigenvalue weighted by Crippen LogP contribution is 2.42. The number of methoxy groups -OCH3 is 1. The molecule has 0 fully saturated rings. The van der Waals surface area contributed by atoms with Crippen molar-refractivity contribution >= 4 is 0 Å². The zero-order valence-electron chi connectivity index (χ0n) is 13.7. The molecule has 0 radical (unpaired) electrons. The molecule has 1 aromatic carbocycles. The first-order chi connectivity index (χ1) is 10.2. The predicted molar refractivity (Wildman–Crippen MR) is 87.1 cm³/mol. The number of fused-ring (bicyclic) bond motifs is 1. The summed E-state index contributed by atoms with van der Waals surface area (Å²) in [6, 6.07) is 8.48. The van der Waals surface area contributed by atoms with E-state index in [9.17, 15) is 0 Å². The molecule has 0 aliphatic carbocycles. The Labute approximate surface area is 129 Å². The molecule has 3 nitrogen and oxygen atoms in total. The van der Waals surface area contributed by atoms with Crippen LogP contribution in [0.25, 0.3) is 0 Å². The lowest BCUT2D eigenvalue weighted by molar-refractivity contribution is 0.181. The van der Waals surface area contributed by atoms with Crippen LogP contribution in [0.1, 0.15) is 44.6 Å². The van der Waals surface area contributed by atoms with Crippen LogP contribution in [0.3, 0.4) is 0 Å². The molecule has 1 heterocycles. The summed E-state index contributed by atoms with van der Waals surface area (Å²) in [6.07, 6.45) is 3.64. The van der Waals surface area contributed by atoms with Crippen molar-refractivity contribution in [2.75, 3.05) is 33.4 Å².